The Morgan fingerprint density at radius 3 is 2.50 bits per heavy atom. The summed E-state index contributed by atoms with van der Waals surface area (Å²) in [5.41, 5.74) is 4.84. The first-order chi connectivity index (χ1) is 11.7. The summed E-state index contributed by atoms with van der Waals surface area (Å²) < 4.78 is 13.3. The third-order valence-electron chi connectivity index (χ3n) is 4.47. The second-order valence-electron chi connectivity index (χ2n) is 5.83. The van der Waals surface area contributed by atoms with Gasteiger partial charge in [0.1, 0.15) is 17.4 Å². The second-order valence-corrected chi connectivity index (χ2v) is 5.83. The minimum atomic E-state index is -0.394. The maximum Gasteiger partial charge on any atom is 0.266 e. The van der Waals surface area contributed by atoms with Crippen molar-refractivity contribution in [2.45, 2.75) is 12.8 Å². The molecule has 3 nitrogen and oxygen atoms in total. The molecule has 1 aliphatic rings. The molecule has 0 aliphatic heterocycles. The van der Waals surface area contributed by atoms with Crippen LogP contribution in [0.1, 0.15) is 16.8 Å². The summed E-state index contributed by atoms with van der Waals surface area (Å²) in [6, 6.07) is 15.9. The van der Waals surface area contributed by atoms with Crippen LogP contribution in [0.4, 0.5) is 4.39 Å². The zero-order valence-electron chi connectivity index (χ0n) is 12.8. The van der Waals surface area contributed by atoms with Crippen molar-refractivity contribution in [3.63, 3.8) is 0 Å². The number of rotatable bonds is 1. The molecule has 0 atom stereocenters. The quantitative estimate of drug-likeness (QED) is 0.742. The van der Waals surface area contributed by atoms with Crippen LogP contribution in [-0.4, -0.2) is 4.98 Å². The zero-order valence-corrected chi connectivity index (χ0v) is 12.8. The Hall–Kier alpha value is -3.19. The number of aromatic nitrogens is 1. The molecule has 4 heteroatoms. The minimum Gasteiger partial charge on any atom is -0.324 e. The van der Waals surface area contributed by atoms with Crippen LogP contribution in [-0.2, 0) is 12.8 Å². The molecule has 0 unspecified atom stereocenters. The predicted molar refractivity (Wildman–Crippen MR) is 90.0 cm³/mol. The third kappa shape index (κ3) is 2.14. The number of pyridine rings is 1. The van der Waals surface area contributed by atoms with E-state index in [0.29, 0.717) is 17.5 Å². The molecule has 4 rings (SSSR count). The Bertz CT molecular complexity index is 1040. The van der Waals surface area contributed by atoms with Gasteiger partial charge in [0.15, 0.2) is 0 Å². The van der Waals surface area contributed by atoms with Gasteiger partial charge < -0.3 is 4.98 Å². The fourth-order valence-corrected chi connectivity index (χ4v) is 3.39. The average molecular weight is 316 g/mol. The molecule has 0 amide bonds. The second kappa shape index (κ2) is 5.47. The van der Waals surface area contributed by atoms with E-state index in [9.17, 15) is 14.4 Å². The van der Waals surface area contributed by atoms with Gasteiger partial charge in [-0.15, -0.1) is 0 Å². The van der Waals surface area contributed by atoms with Crippen molar-refractivity contribution in [1.29, 1.82) is 5.26 Å². The number of halogens is 1. The van der Waals surface area contributed by atoms with Gasteiger partial charge in [-0.2, -0.15) is 5.26 Å². The van der Waals surface area contributed by atoms with Crippen LogP contribution in [0, 0.1) is 17.1 Å². The molecule has 24 heavy (non-hydrogen) atoms. The third-order valence-corrected chi connectivity index (χ3v) is 4.47. The van der Waals surface area contributed by atoms with E-state index in [-0.39, 0.29) is 11.4 Å². The Morgan fingerprint density at radius 2 is 1.75 bits per heavy atom. The number of nitrogens with one attached hydrogen (secondary N) is 1. The van der Waals surface area contributed by atoms with Crippen molar-refractivity contribution in [2.75, 3.05) is 0 Å². The first-order valence-electron chi connectivity index (χ1n) is 7.72. The molecule has 1 aromatic heterocycles. The summed E-state index contributed by atoms with van der Waals surface area (Å²) in [6.45, 7) is 0. The van der Waals surface area contributed by atoms with E-state index >= 15 is 0 Å². The molecule has 1 heterocycles. The lowest BCUT2D eigenvalue weighted by Crippen LogP contribution is -2.19. The highest BCUT2D eigenvalue weighted by molar-refractivity contribution is 5.90. The van der Waals surface area contributed by atoms with Crippen LogP contribution in [0.3, 0.4) is 0 Å². The van der Waals surface area contributed by atoms with Crippen LogP contribution in [0.5, 0.6) is 0 Å². The smallest absolute Gasteiger partial charge is 0.266 e. The van der Waals surface area contributed by atoms with Crippen LogP contribution in [0.15, 0.2) is 53.3 Å². The number of H-pyrrole nitrogens is 1. The molecule has 3 aromatic rings. The average Bonchev–Trinajstić information content (AvgIpc) is 2.61. The first-order valence-corrected chi connectivity index (χ1v) is 7.72. The Morgan fingerprint density at radius 1 is 1.00 bits per heavy atom. The lowest BCUT2D eigenvalue weighted by atomic mass is 9.82. The maximum atomic E-state index is 13.3. The summed E-state index contributed by atoms with van der Waals surface area (Å²) >= 11 is 0. The molecule has 0 saturated carbocycles. The van der Waals surface area contributed by atoms with Crippen LogP contribution in [0.2, 0.25) is 0 Å². The summed E-state index contributed by atoms with van der Waals surface area (Å²) in [5.74, 6) is -0.351. The van der Waals surface area contributed by atoms with Crippen LogP contribution in [0.25, 0.3) is 22.3 Å². The SMILES string of the molecule is N#Cc1c(-c2ccc(F)cc2)c2c([nH]c1=O)CCc1ccccc1-2. The van der Waals surface area contributed by atoms with Crippen molar-refractivity contribution in [3.05, 3.63) is 81.5 Å². The van der Waals surface area contributed by atoms with Gasteiger partial charge in [0, 0.05) is 16.8 Å². The number of aryl methyl sites for hydroxylation is 2. The number of benzene rings is 2. The molecule has 0 radical (unpaired) electrons. The molecule has 0 spiro atoms. The topological polar surface area (TPSA) is 56.6 Å². The highest BCUT2D eigenvalue weighted by Crippen LogP contribution is 2.40. The number of hydrogen-bond acceptors (Lipinski definition) is 2. The molecular formula is C20H13FN2O. The van der Waals surface area contributed by atoms with Crippen LogP contribution < -0.4 is 5.56 Å². The fourth-order valence-electron chi connectivity index (χ4n) is 3.39. The molecule has 1 N–H and O–H groups in total. The highest BCUT2D eigenvalue weighted by atomic mass is 19.1. The van der Waals surface area contributed by atoms with Gasteiger partial charge >= 0.3 is 0 Å². The highest BCUT2D eigenvalue weighted by Gasteiger charge is 2.24. The summed E-state index contributed by atoms with van der Waals surface area (Å²) in [4.78, 5) is 15.2. The van der Waals surface area contributed by atoms with E-state index in [4.69, 9.17) is 0 Å². The number of fused-ring (bicyclic) bond motifs is 3. The van der Waals surface area contributed by atoms with Crippen LogP contribution >= 0.6 is 0 Å². The Kier molecular flexibility index (Phi) is 3.28. The monoisotopic (exact) mass is 316 g/mol. The number of aromatic amines is 1. The number of nitrogens with zero attached hydrogens (tertiary/aromatic N) is 1. The minimum absolute atomic E-state index is 0.0667. The van der Waals surface area contributed by atoms with E-state index in [1.165, 1.54) is 17.7 Å². The molecule has 0 bridgehead atoms. The summed E-state index contributed by atoms with van der Waals surface area (Å²) in [7, 11) is 0. The van der Waals surface area contributed by atoms with Gasteiger partial charge in [-0.1, -0.05) is 36.4 Å². The normalized spacial score (nSPS) is 12.2. The number of hydrogen-bond donors (Lipinski definition) is 1. The predicted octanol–water partition coefficient (Wildman–Crippen LogP) is 3.82. The lowest BCUT2D eigenvalue weighted by Gasteiger charge is -2.23. The summed E-state index contributed by atoms with van der Waals surface area (Å²) in [5, 5.41) is 9.52. The van der Waals surface area contributed by atoms with Crippen molar-refractivity contribution in [3.8, 4) is 28.3 Å². The first kappa shape index (κ1) is 14.4. The summed E-state index contributed by atoms with van der Waals surface area (Å²) in [6.07, 6.45) is 1.55. The number of nitriles is 1. The van der Waals surface area contributed by atoms with Crippen molar-refractivity contribution in [2.24, 2.45) is 0 Å². The van der Waals surface area contributed by atoms with E-state index in [1.807, 2.05) is 24.3 Å². The molecule has 0 saturated heterocycles. The maximum absolute atomic E-state index is 13.3. The van der Waals surface area contributed by atoms with Crippen molar-refractivity contribution >= 4 is 0 Å². The molecular weight excluding hydrogens is 303 g/mol. The van der Waals surface area contributed by atoms with Gasteiger partial charge in [-0.25, -0.2) is 4.39 Å². The largest absolute Gasteiger partial charge is 0.324 e. The van der Waals surface area contributed by atoms with Crippen molar-refractivity contribution < 1.29 is 4.39 Å². The van der Waals surface area contributed by atoms with Gasteiger partial charge in [0.25, 0.3) is 5.56 Å². The standard InChI is InChI=1S/C20H13FN2O/c21-14-8-5-13(6-9-14)18-16(11-22)20(24)23-17-10-7-12-3-1-2-4-15(12)19(17)18/h1-6,8-9H,7,10H2,(H,23,24). The Balaban J connectivity index is 2.13. The van der Waals surface area contributed by atoms with Gasteiger partial charge in [-0.3, -0.25) is 4.79 Å². The molecule has 1 aliphatic carbocycles. The zero-order chi connectivity index (χ0) is 16.7. The fraction of sp³-hybridized carbons (Fsp3) is 0.100. The van der Waals surface area contributed by atoms with E-state index in [0.717, 1.165) is 23.2 Å². The molecule has 2 aromatic carbocycles. The lowest BCUT2D eigenvalue weighted by molar-refractivity contribution is 0.628. The van der Waals surface area contributed by atoms with E-state index in [1.54, 1.807) is 12.1 Å². The van der Waals surface area contributed by atoms with Gasteiger partial charge in [0.2, 0.25) is 0 Å². The molecule has 116 valence electrons. The van der Waals surface area contributed by atoms with Gasteiger partial charge in [-0.05, 0) is 41.7 Å². The van der Waals surface area contributed by atoms with Gasteiger partial charge in [0.05, 0.1) is 0 Å². The van der Waals surface area contributed by atoms with E-state index in [2.05, 4.69) is 11.1 Å². The van der Waals surface area contributed by atoms with Crippen molar-refractivity contribution in [1.82, 2.24) is 4.98 Å². The Labute approximate surface area is 138 Å². The molecule has 0 fully saturated rings. The van der Waals surface area contributed by atoms with E-state index < -0.39 is 5.56 Å².